The Labute approximate surface area is 111 Å². The first-order valence-electron chi connectivity index (χ1n) is 6.54. The number of carbonyl (C=O) groups is 2. The van der Waals surface area contributed by atoms with Crippen molar-refractivity contribution >= 4 is 23.6 Å². The number of carboxylic acids is 1. The van der Waals surface area contributed by atoms with Crippen molar-refractivity contribution in [3.8, 4) is 0 Å². The molecule has 1 N–H and O–H groups in total. The van der Waals surface area contributed by atoms with E-state index in [9.17, 15) is 14.7 Å². The van der Waals surface area contributed by atoms with Crippen LogP contribution in [-0.4, -0.2) is 33.7 Å². The van der Waals surface area contributed by atoms with Crippen molar-refractivity contribution in [1.82, 2.24) is 4.90 Å². The van der Waals surface area contributed by atoms with E-state index in [4.69, 9.17) is 0 Å². The predicted molar refractivity (Wildman–Crippen MR) is 71.1 cm³/mol. The second kappa shape index (κ2) is 5.34. The van der Waals surface area contributed by atoms with Gasteiger partial charge in [-0.2, -0.15) is 0 Å². The summed E-state index contributed by atoms with van der Waals surface area (Å²) < 4.78 is 0. The zero-order valence-corrected chi connectivity index (χ0v) is 11.6. The summed E-state index contributed by atoms with van der Waals surface area (Å²) >= 11 is 1.61. The maximum Gasteiger partial charge on any atom is 0.353 e. The minimum Gasteiger partial charge on any atom is -0.477 e. The van der Waals surface area contributed by atoms with Crippen molar-refractivity contribution in [3.63, 3.8) is 0 Å². The Hall–Kier alpha value is -0.970. The first kappa shape index (κ1) is 13.5. The van der Waals surface area contributed by atoms with E-state index in [0.717, 1.165) is 36.3 Å². The van der Waals surface area contributed by atoms with Crippen LogP contribution in [0.4, 0.5) is 0 Å². The Bertz CT molecular complexity index is 405. The third kappa shape index (κ3) is 2.05. The lowest BCUT2D eigenvalue weighted by atomic mass is 9.85. The van der Waals surface area contributed by atoms with Crippen molar-refractivity contribution in [2.24, 2.45) is 5.92 Å². The molecule has 5 heteroatoms. The van der Waals surface area contributed by atoms with Crippen LogP contribution in [0.3, 0.4) is 0 Å². The van der Waals surface area contributed by atoms with Gasteiger partial charge in [0.05, 0.1) is 12.0 Å². The van der Waals surface area contributed by atoms with E-state index in [2.05, 4.69) is 6.92 Å². The molecule has 0 bridgehead atoms. The molecule has 2 atom stereocenters. The number of β-lactam (4-membered cyclic amide) rings is 1. The van der Waals surface area contributed by atoms with Gasteiger partial charge < -0.3 is 10.0 Å². The first-order chi connectivity index (χ1) is 8.61. The van der Waals surface area contributed by atoms with Crippen LogP contribution in [0.2, 0.25) is 0 Å². The van der Waals surface area contributed by atoms with Gasteiger partial charge in [0, 0.05) is 11.3 Å². The van der Waals surface area contributed by atoms with E-state index >= 15 is 0 Å². The van der Waals surface area contributed by atoms with Crippen molar-refractivity contribution in [2.45, 2.75) is 45.6 Å². The molecule has 1 fully saturated rings. The summed E-state index contributed by atoms with van der Waals surface area (Å²) in [6.45, 7) is 4.11. The predicted octanol–water partition coefficient (Wildman–Crippen LogP) is 2.46. The summed E-state index contributed by atoms with van der Waals surface area (Å²) in [5, 5.41) is 9.27. The minimum atomic E-state index is -0.959. The topological polar surface area (TPSA) is 57.6 Å². The van der Waals surface area contributed by atoms with Crippen molar-refractivity contribution in [1.29, 1.82) is 0 Å². The van der Waals surface area contributed by atoms with Crippen LogP contribution in [0.1, 0.15) is 39.5 Å². The third-order valence-corrected chi connectivity index (χ3v) is 4.87. The molecule has 0 radical (unpaired) electrons. The zero-order chi connectivity index (χ0) is 13.3. The summed E-state index contributed by atoms with van der Waals surface area (Å²) in [5.41, 5.74) is 0.246. The minimum absolute atomic E-state index is 0.00834. The van der Waals surface area contributed by atoms with Crippen molar-refractivity contribution < 1.29 is 14.7 Å². The molecule has 0 saturated carbocycles. The van der Waals surface area contributed by atoms with E-state index in [0.29, 0.717) is 0 Å². The Morgan fingerprint density at radius 2 is 2.22 bits per heavy atom. The number of amides is 1. The monoisotopic (exact) mass is 269 g/mol. The lowest BCUT2D eigenvalue weighted by Gasteiger charge is -2.42. The molecule has 18 heavy (non-hydrogen) atoms. The lowest BCUT2D eigenvalue weighted by molar-refractivity contribution is -0.155. The molecule has 2 aliphatic heterocycles. The highest BCUT2D eigenvalue weighted by atomic mass is 32.2. The molecule has 2 unspecified atom stereocenters. The maximum absolute atomic E-state index is 11.9. The molecule has 1 saturated heterocycles. The molecule has 0 aliphatic carbocycles. The molecule has 2 aliphatic rings. The number of rotatable bonds is 6. The van der Waals surface area contributed by atoms with Gasteiger partial charge in [0.2, 0.25) is 5.91 Å². The number of aliphatic carboxylic acids is 1. The summed E-state index contributed by atoms with van der Waals surface area (Å²) in [4.78, 5) is 25.6. The maximum atomic E-state index is 11.9. The van der Waals surface area contributed by atoms with E-state index in [1.807, 2.05) is 6.92 Å². The number of nitrogens with zero attached hydrogens (tertiary/aromatic N) is 1. The van der Waals surface area contributed by atoms with Gasteiger partial charge in [-0.1, -0.05) is 20.3 Å². The first-order valence-corrected chi connectivity index (χ1v) is 7.52. The largest absolute Gasteiger partial charge is 0.477 e. The second-order valence-electron chi connectivity index (χ2n) is 4.77. The van der Waals surface area contributed by atoms with Crippen molar-refractivity contribution in [2.75, 3.05) is 5.75 Å². The summed E-state index contributed by atoms with van der Waals surface area (Å²) in [7, 11) is 0. The molecule has 0 aromatic carbocycles. The Balaban J connectivity index is 2.12. The van der Waals surface area contributed by atoms with Gasteiger partial charge in [-0.3, -0.25) is 4.79 Å². The summed E-state index contributed by atoms with van der Waals surface area (Å²) in [5.74, 6) is 0.00255. The molecule has 2 rings (SSSR count). The highest BCUT2D eigenvalue weighted by molar-refractivity contribution is 8.03. The van der Waals surface area contributed by atoms with Crippen LogP contribution in [0, 0.1) is 5.92 Å². The molecular formula is C13H19NO3S. The number of carboxylic acid groups (broad SMARTS) is 1. The molecule has 1 amide bonds. The highest BCUT2D eigenvalue weighted by Crippen LogP contribution is 2.46. The second-order valence-corrected chi connectivity index (χ2v) is 5.96. The molecule has 2 heterocycles. The van der Waals surface area contributed by atoms with Crippen molar-refractivity contribution in [3.05, 3.63) is 10.6 Å². The number of thioether (sulfide) groups is 1. The fourth-order valence-corrected chi connectivity index (χ4v) is 3.96. The average molecular weight is 269 g/mol. The lowest BCUT2D eigenvalue weighted by Crippen LogP contribution is -2.58. The standard InChI is InChI=1S/C13H19NO3S/c1-3-5-6-18-10-7-9-8(4-2)12(15)14(9)11(10)13(16)17/h8-9H,3-7H2,1-2H3,(H,16,17). The summed E-state index contributed by atoms with van der Waals surface area (Å²) in [6, 6.07) is 0.109. The molecule has 0 spiro atoms. The average Bonchev–Trinajstić information content (AvgIpc) is 2.65. The molecule has 4 nitrogen and oxygen atoms in total. The molecule has 100 valence electrons. The summed E-state index contributed by atoms with van der Waals surface area (Å²) in [6.07, 6.45) is 3.73. The number of carbonyl (C=O) groups excluding carboxylic acids is 1. The van der Waals surface area contributed by atoms with Gasteiger partial charge in [-0.25, -0.2) is 4.79 Å². The van der Waals surface area contributed by atoms with Crippen LogP contribution in [0.5, 0.6) is 0 Å². The SMILES string of the molecule is CCCCSC1=C(C(=O)O)N2C(=O)C(CC)C2C1. The van der Waals surface area contributed by atoms with Crippen LogP contribution in [0.15, 0.2) is 10.6 Å². The quantitative estimate of drug-likeness (QED) is 0.594. The third-order valence-electron chi connectivity index (χ3n) is 3.67. The molecule has 0 aromatic rings. The fourth-order valence-electron chi connectivity index (χ4n) is 2.67. The highest BCUT2D eigenvalue weighted by Gasteiger charge is 2.54. The number of fused-ring (bicyclic) bond motifs is 1. The Morgan fingerprint density at radius 1 is 1.50 bits per heavy atom. The number of hydrogen-bond acceptors (Lipinski definition) is 3. The van der Waals surface area contributed by atoms with Gasteiger partial charge >= 0.3 is 5.97 Å². The van der Waals surface area contributed by atoms with Gasteiger partial charge in [0.1, 0.15) is 5.70 Å². The van der Waals surface area contributed by atoms with Crippen LogP contribution in [-0.2, 0) is 9.59 Å². The zero-order valence-electron chi connectivity index (χ0n) is 10.8. The van der Waals surface area contributed by atoms with E-state index in [-0.39, 0.29) is 23.6 Å². The molecular weight excluding hydrogens is 250 g/mol. The number of unbranched alkanes of at least 4 members (excludes halogenated alkanes) is 1. The normalized spacial score (nSPS) is 26.3. The van der Waals surface area contributed by atoms with Crippen LogP contribution >= 0.6 is 11.8 Å². The smallest absolute Gasteiger partial charge is 0.353 e. The fraction of sp³-hybridized carbons (Fsp3) is 0.692. The van der Waals surface area contributed by atoms with Crippen LogP contribution in [0.25, 0.3) is 0 Å². The number of hydrogen-bond donors (Lipinski definition) is 1. The Morgan fingerprint density at radius 3 is 2.78 bits per heavy atom. The van der Waals surface area contributed by atoms with Gasteiger partial charge in [0.25, 0.3) is 0 Å². The van der Waals surface area contributed by atoms with E-state index in [1.54, 1.807) is 11.8 Å². The van der Waals surface area contributed by atoms with E-state index < -0.39 is 5.97 Å². The van der Waals surface area contributed by atoms with E-state index in [1.165, 1.54) is 4.90 Å². The van der Waals surface area contributed by atoms with Gasteiger partial charge in [0.15, 0.2) is 0 Å². The Kier molecular flexibility index (Phi) is 4.00. The van der Waals surface area contributed by atoms with Gasteiger partial charge in [-0.15, -0.1) is 11.8 Å². The van der Waals surface area contributed by atoms with Gasteiger partial charge in [-0.05, 0) is 18.6 Å². The van der Waals surface area contributed by atoms with Crippen LogP contribution < -0.4 is 0 Å². The molecule has 0 aromatic heterocycles.